The predicted octanol–water partition coefficient (Wildman–Crippen LogP) is 3.65. The summed E-state index contributed by atoms with van der Waals surface area (Å²) in [4.78, 5) is 19.1. The summed E-state index contributed by atoms with van der Waals surface area (Å²) in [5, 5.41) is 3.78. The van der Waals surface area contributed by atoms with Crippen LogP contribution in [0.4, 0.5) is 11.4 Å². The van der Waals surface area contributed by atoms with Crippen molar-refractivity contribution in [2.24, 2.45) is 7.05 Å². The molecule has 150 valence electrons. The van der Waals surface area contributed by atoms with Crippen LogP contribution in [0, 0.1) is 0 Å². The average Bonchev–Trinajstić information content (AvgIpc) is 3.14. The van der Waals surface area contributed by atoms with Gasteiger partial charge in [0.25, 0.3) is 0 Å². The van der Waals surface area contributed by atoms with Crippen molar-refractivity contribution < 1.29 is 9.53 Å². The van der Waals surface area contributed by atoms with Crippen molar-refractivity contribution >= 4 is 29.0 Å². The summed E-state index contributed by atoms with van der Waals surface area (Å²) in [7, 11) is 1.97. The molecule has 0 saturated carbocycles. The third-order valence-corrected chi connectivity index (χ3v) is 5.92. The Morgan fingerprint density at radius 3 is 2.55 bits per heavy atom. The summed E-state index contributed by atoms with van der Waals surface area (Å²) < 4.78 is 7.41. The number of nitrogens with zero attached hydrogens (tertiary/aromatic N) is 3. The van der Waals surface area contributed by atoms with E-state index in [0.29, 0.717) is 5.75 Å². The quantitative estimate of drug-likeness (QED) is 0.631. The van der Waals surface area contributed by atoms with Crippen LogP contribution in [0.5, 0.6) is 0 Å². The SMILES string of the molecule is Cn1c(-c2ccccc2)cnc1SCC(=O)Nc1ccc(N2CCOCC2)cc1. The number of imidazole rings is 1. The third kappa shape index (κ3) is 4.81. The molecule has 0 atom stereocenters. The fourth-order valence-electron chi connectivity index (χ4n) is 3.31. The fraction of sp³-hybridized carbons (Fsp3) is 0.273. The van der Waals surface area contributed by atoms with Gasteiger partial charge in [-0.1, -0.05) is 42.1 Å². The first-order valence-electron chi connectivity index (χ1n) is 9.63. The van der Waals surface area contributed by atoms with Gasteiger partial charge in [0.15, 0.2) is 5.16 Å². The third-order valence-electron chi connectivity index (χ3n) is 4.87. The first kappa shape index (κ1) is 19.5. The molecule has 0 radical (unpaired) electrons. The molecule has 1 amide bonds. The van der Waals surface area contributed by atoms with E-state index in [0.717, 1.165) is 54.1 Å². The van der Waals surface area contributed by atoms with Crippen molar-refractivity contribution in [1.29, 1.82) is 0 Å². The lowest BCUT2D eigenvalue weighted by molar-refractivity contribution is -0.113. The van der Waals surface area contributed by atoms with Crippen LogP contribution in [0.15, 0.2) is 66.0 Å². The second-order valence-corrected chi connectivity index (χ2v) is 7.78. The van der Waals surface area contributed by atoms with Gasteiger partial charge in [0.2, 0.25) is 5.91 Å². The standard InChI is InChI=1S/C22H24N4O2S/c1-25-20(17-5-3-2-4-6-17)15-23-22(25)29-16-21(27)24-18-7-9-19(10-8-18)26-11-13-28-14-12-26/h2-10,15H,11-14,16H2,1H3,(H,24,27). The molecule has 2 aromatic carbocycles. The smallest absolute Gasteiger partial charge is 0.234 e. The van der Waals surface area contributed by atoms with Gasteiger partial charge in [-0.3, -0.25) is 4.79 Å². The first-order valence-corrected chi connectivity index (χ1v) is 10.6. The summed E-state index contributed by atoms with van der Waals surface area (Å²) in [6, 6.07) is 18.1. The van der Waals surface area contributed by atoms with E-state index in [2.05, 4.69) is 27.3 Å². The number of nitrogens with one attached hydrogen (secondary N) is 1. The fourth-order valence-corrected chi connectivity index (χ4v) is 4.06. The highest BCUT2D eigenvalue weighted by Crippen LogP contribution is 2.25. The number of carbonyl (C=O) groups is 1. The molecule has 4 rings (SSSR count). The van der Waals surface area contributed by atoms with Gasteiger partial charge in [0.1, 0.15) is 0 Å². The Morgan fingerprint density at radius 1 is 1.10 bits per heavy atom. The molecule has 1 aliphatic heterocycles. The van der Waals surface area contributed by atoms with E-state index >= 15 is 0 Å². The van der Waals surface area contributed by atoms with E-state index in [9.17, 15) is 4.79 Å². The molecular formula is C22H24N4O2S. The number of hydrogen-bond acceptors (Lipinski definition) is 5. The van der Waals surface area contributed by atoms with E-state index in [1.165, 1.54) is 11.8 Å². The van der Waals surface area contributed by atoms with Gasteiger partial charge in [-0.25, -0.2) is 4.98 Å². The number of benzene rings is 2. The number of hydrogen-bond donors (Lipinski definition) is 1. The van der Waals surface area contributed by atoms with Gasteiger partial charge < -0.3 is 19.5 Å². The molecule has 1 saturated heterocycles. The van der Waals surface area contributed by atoms with Crippen molar-refractivity contribution in [3.63, 3.8) is 0 Å². The normalized spacial score (nSPS) is 14.0. The lowest BCUT2D eigenvalue weighted by atomic mass is 10.2. The molecule has 1 aromatic heterocycles. The molecule has 1 aliphatic rings. The number of aromatic nitrogens is 2. The number of amides is 1. The summed E-state index contributed by atoms with van der Waals surface area (Å²) in [5.41, 5.74) is 4.10. The van der Waals surface area contributed by atoms with E-state index in [1.54, 1.807) is 0 Å². The molecule has 7 heteroatoms. The lowest BCUT2D eigenvalue weighted by Gasteiger charge is -2.28. The molecule has 0 bridgehead atoms. The first-order chi connectivity index (χ1) is 14.2. The summed E-state index contributed by atoms with van der Waals surface area (Å²) in [5.74, 6) is 0.267. The Morgan fingerprint density at radius 2 is 1.83 bits per heavy atom. The molecule has 1 N–H and O–H groups in total. The highest BCUT2D eigenvalue weighted by molar-refractivity contribution is 7.99. The molecule has 0 aliphatic carbocycles. The second kappa shape index (κ2) is 9.15. The van der Waals surface area contributed by atoms with E-state index in [-0.39, 0.29) is 5.91 Å². The highest BCUT2D eigenvalue weighted by Gasteiger charge is 2.13. The van der Waals surface area contributed by atoms with Crippen LogP contribution in [0.1, 0.15) is 0 Å². The Hall–Kier alpha value is -2.77. The summed E-state index contributed by atoms with van der Waals surface area (Å²) in [6.45, 7) is 3.32. The van der Waals surface area contributed by atoms with Crippen LogP contribution < -0.4 is 10.2 Å². The van der Waals surface area contributed by atoms with Crippen molar-refractivity contribution in [2.75, 3.05) is 42.3 Å². The van der Waals surface area contributed by atoms with Gasteiger partial charge in [0.05, 0.1) is 30.9 Å². The van der Waals surface area contributed by atoms with Crippen molar-refractivity contribution in [3.8, 4) is 11.3 Å². The minimum absolute atomic E-state index is 0.0432. The van der Waals surface area contributed by atoms with Crippen molar-refractivity contribution in [1.82, 2.24) is 9.55 Å². The van der Waals surface area contributed by atoms with Crippen LogP contribution >= 0.6 is 11.8 Å². The molecule has 3 aromatic rings. The Balaban J connectivity index is 1.32. The number of rotatable bonds is 6. The van der Waals surface area contributed by atoms with Crippen LogP contribution in [0.3, 0.4) is 0 Å². The Labute approximate surface area is 174 Å². The predicted molar refractivity (Wildman–Crippen MR) is 117 cm³/mol. The molecule has 0 spiro atoms. The number of morpholine rings is 1. The van der Waals surface area contributed by atoms with Gasteiger partial charge in [-0.2, -0.15) is 0 Å². The molecule has 0 unspecified atom stereocenters. The maximum absolute atomic E-state index is 12.4. The lowest BCUT2D eigenvalue weighted by Crippen LogP contribution is -2.36. The van der Waals surface area contributed by atoms with Crippen LogP contribution in [0.25, 0.3) is 11.3 Å². The summed E-state index contributed by atoms with van der Waals surface area (Å²) in [6.07, 6.45) is 1.85. The zero-order valence-electron chi connectivity index (χ0n) is 16.4. The largest absolute Gasteiger partial charge is 0.378 e. The topological polar surface area (TPSA) is 59.4 Å². The van der Waals surface area contributed by atoms with Crippen LogP contribution in [0.2, 0.25) is 0 Å². The average molecular weight is 409 g/mol. The van der Waals surface area contributed by atoms with Crippen LogP contribution in [-0.2, 0) is 16.6 Å². The van der Waals surface area contributed by atoms with E-state index in [4.69, 9.17) is 4.74 Å². The van der Waals surface area contributed by atoms with Crippen molar-refractivity contribution in [3.05, 3.63) is 60.8 Å². The highest BCUT2D eigenvalue weighted by atomic mass is 32.2. The van der Waals surface area contributed by atoms with Crippen molar-refractivity contribution in [2.45, 2.75) is 5.16 Å². The minimum atomic E-state index is -0.0432. The van der Waals surface area contributed by atoms with Gasteiger partial charge in [-0.05, 0) is 29.8 Å². The zero-order valence-corrected chi connectivity index (χ0v) is 17.2. The number of thioether (sulfide) groups is 1. The maximum Gasteiger partial charge on any atom is 0.234 e. The van der Waals surface area contributed by atoms with Gasteiger partial charge >= 0.3 is 0 Å². The molecule has 1 fully saturated rings. The van der Waals surface area contributed by atoms with E-state index < -0.39 is 0 Å². The number of carbonyl (C=O) groups excluding carboxylic acids is 1. The molecule has 29 heavy (non-hydrogen) atoms. The van der Waals surface area contributed by atoms with E-state index in [1.807, 2.05) is 60.3 Å². The Kier molecular flexibility index (Phi) is 6.17. The summed E-state index contributed by atoms with van der Waals surface area (Å²) >= 11 is 1.43. The van der Waals surface area contributed by atoms with Gasteiger partial charge in [0, 0.05) is 31.5 Å². The monoisotopic (exact) mass is 408 g/mol. The maximum atomic E-state index is 12.4. The molecular weight excluding hydrogens is 384 g/mol. The minimum Gasteiger partial charge on any atom is -0.378 e. The van der Waals surface area contributed by atoms with Gasteiger partial charge in [-0.15, -0.1) is 0 Å². The molecule has 6 nitrogen and oxygen atoms in total. The number of ether oxygens (including phenoxy) is 1. The Bertz CT molecular complexity index is 951. The molecule has 2 heterocycles. The van der Waals surface area contributed by atoms with Crippen LogP contribution in [-0.4, -0.2) is 47.5 Å². The number of anilines is 2. The zero-order chi connectivity index (χ0) is 20.1. The second-order valence-electron chi connectivity index (χ2n) is 6.83.